The normalized spacial score (nSPS) is 15.2. The van der Waals surface area contributed by atoms with E-state index in [4.69, 9.17) is 0 Å². The van der Waals surface area contributed by atoms with Crippen LogP contribution in [0.4, 0.5) is 5.69 Å². The molecule has 0 spiro atoms. The minimum absolute atomic E-state index is 0.272. The molecule has 0 bridgehead atoms. The smallest absolute Gasteiger partial charge is 0.261 e. The van der Waals surface area contributed by atoms with Gasteiger partial charge >= 0.3 is 0 Å². The molecule has 19 heavy (non-hydrogen) atoms. The standard InChI is InChI=1S/C14H14N2O2S/c17-19(18,12-4-2-1-3-5-12)16-14-8-9-15-10-13(14)11-6-7-11/h1-5,8-11H,6-7H2,(H,15,16). The molecule has 0 radical (unpaired) electrons. The summed E-state index contributed by atoms with van der Waals surface area (Å²) < 4.78 is 27.2. The number of aromatic nitrogens is 1. The van der Waals surface area contributed by atoms with Gasteiger partial charge in [0.15, 0.2) is 0 Å². The molecule has 1 aliphatic rings. The van der Waals surface area contributed by atoms with Gasteiger partial charge in [-0.1, -0.05) is 18.2 Å². The Bertz CT molecular complexity index is 680. The summed E-state index contributed by atoms with van der Waals surface area (Å²) in [6, 6.07) is 10.1. The highest BCUT2D eigenvalue weighted by atomic mass is 32.2. The molecular weight excluding hydrogens is 260 g/mol. The third-order valence-corrected chi connectivity index (χ3v) is 4.55. The lowest BCUT2D eigenvalue weighted by atomic mass is 10.1. The third kappa shape index (κ3) is 2.61. The summed E-state index contributed by atoms with van der Waals surface area (Å²) in [5.41, 5.74) is 1.63. The molecule has 0 saturated heterocycles. The summed E-state index contributed by atoms with van der Waals surface area (Å²) in [7, 11) is -3.52. The number of sulfonamides is 1. The molecule has 4 nitrogen and oxygen atoms in total. The summed E-state index contributed by atoms with van der Waals surface area (Å²) in [6.07, 6.45) is 5.56. The quantitative estimate of drug-likeness (QED) is 0.932. The number of pyridine rings is 1. The van der Waals surface area contributed by atoms with E-state index in [1.54, 1.807) is 48.8 Å². The lowest BCUT2D eigenvalue weighted by Gasteiger charge is -2.11. The maximum Gasteiger partial charge on any atom is 0.261 e. The molecule has 1 aromatic heterocycles. The minimum atomic E-state index is -3.52. The fraction of sp³-hybridized carbons (Fsp3) is 0.214. The van der Waals surface area contributed by atoms with Crippen LogP contribution in [0, 0.1) is 0 Å². The molecule has 98 valence electrons. The Hall–Kier alpha value is -1.88. The molecule has 2 aromatic rings. The van der Waals surface area contributed by atoms with Gasteiger partial charge in [0.1, 0.15) is 0 Å². The first-order chi connectivity index (χ1) is 9.17. The number of rotatable bonds is 4. The van der Waals surface area contributed by atoms with E-state index < -0.39 is 10.0 Å². The van der Waals surface area contributed by atoms with Crippen LogP contribution >= 0.6 is 0 Å². The predicted molar refractivity (Wildman–Crippen MR) is 73.5 cm³/mol. The average molecular weight is 274 g/mol. The minimum Gasteiger partial charge on any atom is -0.279 e. The van der Waals surface area contributed by atoms with E-state index in [0.717, 1.165) is 18.4 Å². The van der Waals surface area contributed by atoms with E-state index >= 15 is 0 Å². The van der Waals surface area contributed by atoms with Crippen LogP contribution in [0.15, 0.2) is 53.7 Å². The topological polar surface area (TPSA) is 59.1 Å². The molecule has 0 amide bonds. The van der Waals surface area contributed by atoms with E-state index in [1.165, 1.54) is 0 Å². The zero-order chi connectivity index (χ0) is 13.3. The van der Waals surface area contributed by atoms with E-state index in [2.05, 4.69) is 9.71 Å². The lowest BCUT2D eigenvalue weighted by molar-refractivity contribution is 0.601. The Labute approximate surface area is 112 Å². The van der Waals surface area contributed by atoms with Crippen molar-refractivity contribution in [3.05, 3.63) is 54.4 Å². The van der Waals surface area contributed by atoms with Gasteiger partial charge < -0.3 is 0 Å². The molecule has 5 heteroatoms. The van der Waals surface area contributed by atoms with Crippen LogP contribution in [0.1, 0.15) is 24.3 Å². The van der Waals surface area contributed by atoms with E-state index in [0.29, 0.717) is 11.6 Å². The molecule has 0 unspecified atom stereocenters. The maximum absolute atomic E-state index is 12.3. The highest BCUT2D eigenvalue weighted by molar-refractivity contribution is 7.92. The Morgan fingerprint density at radius 1 is 1.11 bits per heavy atom. The van der Waals surface area contributed by atoms with Gasteiger partial charge in [-0.05, 0) is 42.5 Å². The SMILES string of the molecule is O=S(=O)(Nc1ccncc1C1CC1)c1ccccc1. The van der Waals surface area contributed by atoms with Crippen molar-refractivity contribution in [1.29, 1.82) is 0 Å². The van der Waals surface area contributed by atoms with Gasteiger partial charge in [-0.25, -0.2) is 8.42 Å². The summed E-state index contributed by atoms with van der Waals surface area (Å²) in [5.74, 6) is 0.446. The first kappa shape index (κ1) is 12.2. The zero-order valence-corrected chi connectivity index (χ0v) is 11.1. The molecule has 1 N–H and O–H groups in total. The summed E-state index contributed by atoms with van der Waals surface area (Å²) >= 11 is 0. The molecule has 0 atom stereocenters. The van der Waals surface area contributed by atoms with Crippen LogP contribution in [0.25, 0.3) is 0 Å². The van der Waals surface area contributed by atoms with E-state index in [9.17, 15) is 8.42 Å². The number of benzene rings is 1. The van der Waals surface area contributed by atoms with Crippen molar-refractivity contribution in [3.63, 3.8) is 0 Å². The second kappa shape index (κ2) is 4.66. The summed E-state index contributed by atoms with van der Waals surface area (Å²) in [5, 5.41) is 0. The first-order valence-corrected chi connectivity index (χ1v) is 7.67. The molecular formula is C14H14N2O2S. The molecule has 1 fully saturated rings. The van der Waals surface area contributed by atoms with Gasteiger partial charge in [0.05, 0.1) is 10.6 Å². The summed E-state index contributed by atoms with van der Waals surface area (Å²) in [4.78, 5) is 4.35. The number of anilines is 1. The number of nitrogens with zero attached hydrogens (tertiary/aromatic N) is 1. The monoisotopic (exact) mass is 274 g/mol. The van der Waals surface area contributed by atoms with Gasteiger partial charge in [0, 0.05) is 12.4 Å². The molecule has 3 rings (SSSR count). The Morgan fingerprint density at radius 2 is 1.84 bits per heavy atom. The number of hydrogen-bond donors (Lipinski definition) is 1. The third-order valence-electron chi connectivity index (χ3n) is 3.17. The van der Waals surface area contributed by atoms with Crippen molar-refractivity contribution in [2.24, 2.45) is 0 Å². The van der Waals surface area contributed by atoms with Crippen LogP contribution < -0.4 is 4.72 Å². The lowest BCUT2D eigenvalue weighted by Crippen LogP contribution is -2.14. The van der Waals surface area contributed by atoms with Crippen molar-refractivity contribution in [3.8, 4) is 0 Å². The van der Waals surface area contributed by atoms with Gasteiger partial charge in [-0.15, -0.1) is 0 Å². The van der Waals surface area contributed by atoms with Gasteiger partial charge in [-0.3, -0.25) is 9.71 Å². The highest BCUT2D eigenvalue weighted by Gasteiger charge is 2.27. The van der Waals surface area contributed by atoms with Crippen LogP contribution in [-0.2, 0) is 10.0 Å². The fourth-order valence-electron chi connectivity index (χ4n) is 2.02. The second-order valence-corrected chi connectivity index (χ2v) is 6.34. The summed E-state index contributed by atoms with van der Waals surface area (Å²) in [6.45, 7) is 0. The van der Waals surface area contributed by atoms with Crippen LogP contribution in [-0.4, -0.2) is 13.4 Å². The number of nitrogens with one attached hydrogen (secondary N) is 1. The van der Waals surface area contributed by atoms with Crippen molar-refractivity contribution in [2.75, 3.05) is 4.72 Å². The van der Waals surface area contributed by atoms with Crippen molar-refractivity contribution < 1.29 is 8.42 Å². The molecule has 1 saturated carbocycles. The fourth-order valence-corrected chi connectivity index (χ4v) is 3.13. The largest absolute Gasteiger partial charge is 0.279 e. The molecule has 0 aliphatic heterocycles. The number of hydrogen-bond acceptors (Lipinski definition) is 3. The van der Waals surface area contributed by atoms with Crippen molar-refractivity contribution in [2.45, 2.75) is 23.7 Å². The Morgan fingerprint density at radius 3 is 2.53 bits per heavy atom. The molecule has 1 heterocycles. The maximum atomic E-state index is 12.3. The Kier molecular flexibility index (Phi) is 2.98. The van der Waals surface area contributed by atoms with Crippen LogP contribution in [0.5, 0.6) is 0 Å². The first-order valence-electron chi connectivity index (χ1n) is 6.18. The van der Waals surface area contributed by atoms with E-state index in [-0.39, 0.29) is 4.90 Å². The van der Waals surface area contributed by atoms with Gasteiger partial charge in [-0.2, -0.15) is 0 Å². The van der Waals surface area contributed by atoms with E-state index in [1.807, 2.05) is 0 Å². The van der Waals surface area contributed by atoms with Crippen LogP contribution in [0.2, 0.25) is 0 Å². The van der Waals surface area contributed by atoms with Crippen molar-refractivity contribution >= 4 is 15.7 Å². The van der Waals surface area contributed by atoms with Gasteiger partial charge in [0.25, 0.3) is 10.0 Å². The Balaban J connectivity index is 1.93. The molecule has 1 aliphatic carbocycles. The van der Waals surface area contributed by atoms with Crippen LogP contribution in [0.3, 0.4) is 0 Å². The zero-order valence-electron chi connectivity index (χ0n) is 10.3. The van der Waals surface area contributed by atoms with Gasteiger partial charge in [0.2, 0.25) is 0 Å². The predicted octanol–water partition coefficient (Wildman–Crippen LogP) is 2.76. The highest BCUT2D eigenvalue weighted by Crippen LogP contribution is 2.43. The average Bonchev–Trinajstić information content (AvgIpc) is 3.24. The molecule has 1 aromatic carbocycles. The second-order valence-electron chi connectivity index (χ2n) is 4.66. The van der Waals surface area contributed by atoms with Crippen molar-refractivity contribution in [1.82, 2.24) is 4.98 Å².